The second-order valence-corrected chi connectivity index (χ2v) is 4.31. The van der Waals surface area contributed by atoms with E-state index >= 15 is 0 Å². The van der Waals surface area contributed by atoms with Gasteiger partial charge in [0.25, 0.3) is 0 Å². The highest BCUT2D eigenvalue weighted by atomic mass is 19.4. The normalized spacial score (nSPS) is 11.1. The molecule has 0 spiro atoms. The van der Waals surface area contributed by atoms with Gasteiger partial charge in [-0.05, 0) is 24.3 Å². The number of nitrogens with zero attached hydrogens (tertiary/aromatic N) is 1. The summed E-state index contributed by atoms with van der Waals surface area (Å²) in [5.74, 6) is -0.303. The molecule has 2 rings (SSSR count). The fourth-order valence-electron chi connectivity index (χ4n) is 1.85. The number of rotatable bonds is 3. The van der Waals surface area contributed by atoms with Crippen LogP contribution in [0.15, 0.2) is 36.4 Å². The van der Waals surface area contributed by atoms with Crippen molar-refractivity contribution in [2.45, 2.75) is 6.18 Å². The molecule has 116 valence electrons. The molecule has 2 aromatic rings. The van der Waals surface area contributed by atoms with Crippen molar-refractivity contribution in [3.8, 4) is 17.0 Å². The van der Waals surface area contributed by atoms with Gasteiger partial charge < -0.3 is 9.47 Å². The SMILES string of the molecule is COC(=O)c1ccc(OC)c(-c2ccc(C(F)(F)F)cc2)n1. The minimum atomic E-state index is -4.41. The molecule has 7 heteroatoms. The van der Waals surface area contributed by atoms with E-state index in [9.17, 15) is 18.0 Å². The Labute approximate surface area is 124 Å². The highest BCUT2D eigenvalue weighted by Gasteiger charge is 2.30. The van der Waals surface area contributed by atoms with E-state index in [1.165, 1.54) is 38.5 Å². The van der Waals surface area contributed by atoms with E-state index < -0.39 is 17.7 Å². The summed E-state index contributed by atoms with van der Waals surface area (Å²) in [6.07, 6.45) is -4.41. The summed E-state index contributed by atoms with van der Waals surface area (Å²) in [5.41, 5.74) is -0.0627. The van der Waals surface area contributed by atoms with Crippen LogP contribution in [0.3, 0.4) is 0 Å². The maximum absolute atomic E-state index is 12.6. The Hall–Kier alpha value is -2.57. The standard InChI is InChI=1S/C15H12F3NO3/c1-21-12-8-7-11(14(20)22-2)19-13(12)9-3-5-10(6-4-9)15(16,17)18/h3-8H,1-2H3. The molecule has 0 saturated heterocycles. The van der Waals surface area contributed by atoms with Crippen LogP contribution in [0.25, 0.3) is 11.3 Å². The van der Waals surface area contributed by atoms with Crippen LogP contribution in [-0.4, -0.2) is 25.2 Å². The molecular weight excluding hydrogens is 299 g/mol. The largest absolute Gasteiger partial charge is 0.494 e. The summed E-state index contributed by atoms with van der Waals surface area (Å²) in [4.78, 5) is 15.6. The summed E-state index contributed by atoms with van der Waals surface area (Å²) in [6, 6.07) is 7.36. The van der Waals surface area contributed by atoms with Crippen molar-refractivity contribution in [2.24, 2.45) is 0 Å². The first kappa shape index (κ1) is 15.8. The van der Waals surface area contributed by atoms with E-state index in [4.69, 9.17) is 4.74 Å². The number of methoxy groups -OCH3 is 2. The molecule has 0 aliphatic carbocycles. The van der Waals surface area contributed by atoms with Gasteiger partial charge in [-0.15, -0.1) is 0 Å². The predicted octanol–water partition coefficient (Wildman–Crippen LogP) is 3.56. The number of ether oxygens (including phenoxy) is 2. The number of pyridine rings is 1. The second kappa shape index (κ2) is 6.05. The van der Waals surface area contributed by atoms with E-state index in [0.717, 1.165) is 12.1 Å². The fourth-order valence-corrected chi connectivity index (χ4v) is 1.85. The Morgan fingerprint density at radius 2 is 1.68 bits per heavy atom. The van der Waals surface area contributed by atoms with E-state index in [1.807, 2.05) is 0 Å². The maximum Gasteiger partial charge on any atom is 0.416 e. The molecule has 0 saturated carbocycles. The average molecular weight is 311 g/mol. The number of benzene rings is 1. The fraction of sp³-hybridized carbons (Fsp3) is 0.200. The third-order valence-corrected chi connectivity index (χ3v) is 2.96. The highest BCUT2D eigenvalue weighted by molar-refractivity contribution is 5.88. The van der Waals surface area contributed by atoms with Gasteiger partial charge in [0.15, 0.2) is 0 Å². The molecule has 0 atom stereocenters. The van der Waals surface area contributed by atoms with Gasteiger partial charge in [0, 0.05) is 5.56 Å². The van der Waals surface area contributed by atoms with Crippen molar-refractivity contribution < 1.29 is 27.4 Å². The molecule has 1 heterocycles. The van der Waals surface area contributed by atoms with Crippen molar-refractivity contribution in [1.82, 2.24) is 4.98 Å². The number of esters is 1. The summed E-state index contributed by atoms with van der Waals surface area (Å²) in [6.45, 7) is 0. The van der Waals surface area contributed by atoms with Crippen molar-refractivity contribution in [2.75, 3.05) is 14.2 Å². The zero-order valence-electron chi connectivity index (χ0n) is 11.8. The van der Waals surface area contributed by atoms with Crippen LogP contribution in [0.4, 0.5) is 13.2 Å². The number of carbonyl (C=O) groups is 1. The molecular formula is C15H12F3NO3. The number of hydrogen-bond donors (Lipinski definition) is 0. The lowest BCUT2D eigenvalue weighted by atomic mass is 10.1. The Bertz CT molecular complexity index is 681. The monoisotopic (exact) mass is 311 g/mol. The predicted molar refractivity (Wildman–Crippen MR) is 72.6 cm³/mol. The minimum Gasteiger partial charge on any atom is -0.494 e. The van der Waals surface area contributed by atoms with Crippen molar-refractivity contribution in [3.63, 3.8) is 0 Å². The third-order valence-electron chi connectivity index (χ3n) is 2.96. The summed E-state index contributed by atoms with van der Waals surface area (Å²) >= 11 is 0. The number of aromatic nitrogens is 1. The number of halogens is 3. The Kier molecular flexibility index (Phi) is 4.35. The van der Waals surface area contributed by atoms with E-state index in [1.54, 1.807) is 0 Å². The molecule has 0 unspecified atom stereocenters. The lowest BCUT2D eigenvalue weighted by Gasteiger charge is -2.11. The summed E-state index contributed by atoms with van der Waals surface area (Å²) in [5, 5.41) is 0. The van der Waals surface area contributed by atoms with Crippen LogP contribution < -0.4 is 4.74 Å². The number of alkyl halides is 3. The van der Waals surface area contributed by atoms with Gasteiger partial charge in [0.1, 0.15) is 17.1 Å². The van der Waals surface area contributed by atoms with Crippen LogP contribution in [0.2, 0.25) is 0 Å². The molecule has 0 fully saturated rings. The Morgan fingerprint density at radius 3 is 2.18 bits per heavy atom. The number of hydrogen-bond acceptors (Lipinski definition) is 4. The topological polar surface area (TPSA) is 48.4 Å². The summed E-state index contributed by atoms with van der Waals surface area (Å²) < 4.78 is 47.4. The minimum absolute atomic E-state index is 0.0400. The lowest BCUT2D eigenvalue weighted by Crippen LogP contribution is -2.06. The molecule has 4 nitrogen and oxygen atoms in total. The molecule has 1 aromatic carbocycles. The van der Waals surface area contributed by atoms with Crippen LogP contribution in [-0.2, 0) is 10.9 Å². The lowest BCUT2D eigenvalue weighted by molar-refractivity contribution is -0.137. The van der Waals surface area contributed by atoms with Crippen LogP contribution in [0.5, 0.6) is 5.75 Å². The Morgan fingerprint density at radius 1 is 1.05 bits per heavy atom. The highest BCUT2D eigenvalue weighted by Crippen LogP contribution is 2.33. The molecule has 22 heavy (non-hydrogen) atoms. The smallest absolute Gasteiger partial charge is 0.416 e. The first-order valence-corrected chi connectivity index (χ1v) is 6.18. The maximum atomic E-state index is 12.6. The molecule has 0 amide bonds. The van der Waals surface area contributed by atoms with Crippen molar-refractivity contribution in [3.05, 3.63) is 47.7 Å². The Balaban J connectivity index is 2.48. The zero-order valence-corrected chi connectivity index (χ0v) is 11.8. The molecule has 0 bridgehead atoms. The molecule has 0 aliphatic rings. The van der Waals surface area contributed by atoms with E-state index in [-0.39, 0.29) is 11.4 Å². The molecule has 1 aromatic heterocycles. The van der Waals surface area contributed by atoms with Gasteiger partial charge in [0.2, 0.25) is 0 Å². The quantitative estimate of drug-likeness (QED) is 0.813. The summed E-state index contributed by atoms with van der Waals surface area (Å²) in [7, 11) is 2.62. The van der Waals surface area contributed by atoms with Gasteiger partial charge in [-0.3, -0.25) is 0 Å². The van der Waals surface area contributed by atoms with Gasteiger partial charge in [-0.2, -0.15) is 13.2 Å². The molecule has 0 radical (unpaired) electrons. The van der Waals surface area contributed by atoms with Gasteiger partial charge in [0.05, 0.1) is 19.8 Å². The van der Waals surface area contributed by atoms with Gasteiger partial charge >= 0.3 is 12.1 Å². The molecule has 0 N–H and O–H groups in total. The van der Waals surface area contributed by atoms with E-state index in [2.05, 4.69) is 9.72 Å². The molecule has 0 aliphatic heterocycles. The van der Waals surface area contributed by atoms with Crippen LogP contribution in [0, 0.1) is 0 Å². The second-order valence-electron chi connectivity index (χ2n) is 4.31. The first-order valence-electron chi connectivity index (χ1n) is 6.18. The van der Waals surface area contributed by atoms with Gasteiger partial charge in [-0.1, -0.05) is 12.1 Å². The van der Waals surface area contributed by atoms with Crippen LogP contribution in [0.1, 0.15) is 16.1 Å². The number of carbonyl (C=O) groups excluding carboxylic acids is 1. The average Bonchev–Trinajstić information content (AvgIpc) is 2.52. The third kappa shape index (κ3) is 3.19. The van der Waals surface area contributed by atoms with Crippen molar-refractivity contribution >= 4 is 5.97 Å². The van der Waals surface area contributed by atoms with E-state index in [0.29, 0.717) is 11.3 Å². The van der Waals surface area contributed by atoms with Crippen LogP contribution >= 0.6 is 0 Å². The zero-order chi connectivity index (χ0) is 16.3. The first-order chi connectivity index (χ1) is 10.4. The van der Waals surface area contributed by atoms with Gasteiger partial charge in [-0.25, -0.2) is 9.78 Å². The van der Waals surface area contributed by atoms with Crippen molar-refractivity contribution in [1.29, 1.82) is 0 Å².